The van der Waals surface area contributed by atoms with Crippen LogP contribution in [0.25, 0.3) is 0 Å². The van der Waals surface area contributed by atoms with Crippen LogP contribution in [-0.2, 0) is 0 Å². The number of halogens is 1. The standard InChI is InChI=1S/C14H20FN3O/c1-10(7-16)8-18-9-13(17(2)14(18)19)11-3-5-12(15)6-4-11/h3-6,10,13H,7-9,16H2,1-2H3. The molecule has 1 aliphatic rings. The van der Waals surface area contributed by atoms with Gasteiger partial charge in [-0.15, -0.1) is 0 Å². The topological polar surface area (TPSA) is 49.6 Å². The minimum Gasteiger partial charge on any atom is -0.330 e. The SMILES string of the molecule is CC(CN)CN1CC(c2ccc(F)cc2)N(C)C1=O. The minimum atomic E-state index is -0.260. The number of carbonyl (C=O) groups excluding carboxylic acids is 1. The number of rotatable bonds is 4. The van der Waals surface area contributed by atoms with Gasteiger partial charge in [-0.05, 0) is 30.2 Å². The summed E-state index contributed by atoms with van der Waals surface area (Å²) in [6.07, 6.45) is 0. The fraction of sp³-hybridized carbons (Fsp3) is 0.500. The van der Waals surface area contributed by atoms with Crippen molar-refractivity contribution in [2.24, 2.45) is 11.7 Å². The van der Waals surface area contributed by atoms with Crippen LogP contribution >= 0.6 is 0 Å². The van der Waals surface area contributed by atoms with E-state index in [1.807, 2.05) is 11.8 Å². The first-order valence-electron chi connectivity index (χ1n) is 6.50. The Morgan fingerprint density at radius 1 is 1.42 bits per heavy atom. The summed E-state index contributed by atoms with van der Waals surface area (Å²) in [6, 6.07) is 6.32. The maximum atomic E-state index is 12.9. The predicted molar refractivity (Wildman–Crippen MR) is 72.1 cm³/mol. The van der Waals surface area contributed by atoms with Gasteiger partial charge in [0.1, 0.15) is 5.82 Å². The molecule has 104 valence electrons. The van der Waals surface area contributed by atoms with E-state index < -0.39 is 0 Å². The second kappa shape index (κ2) is 5.57. The molecule has 1 aliphatic heterocycles. The third kappa shape index (κ3) is 2.87. The minimum absolute atomic E-state index is 0.00891. The molecule has 2 N–H and O–H groups in total. The molecule has 0 aliphatic carbocycles. The summed E-state index contributed by atoms with van der Waals surface area (Å²) in [4.78, 5) is 15.7. The van der Waals surface area contributed by atoms with Crippen molar-refractivity contribution in [2.75, 3.05) is 26.7 Å². The first-order chi connectivity index (χ1) is 9.02. The third-order valence-corrected chi connectivity index (χ3v) is 3.62. The first-order valence-corrected chi connectivity index (χ1v) is 6.50. The van der Waals surface area contributed by atoms with Crippen LogP contribution < -0.4 is 5.73 Å². The fourth-order valence-electron chi connectivity index (χ4n) is 2.38. The van der Waals surface area contributed by atoms with Gasteiger partial charge >= 0.3 is 6.03 Å². The highest BCUT2D eigenvalue weighted by atomic mass is 19.1. The first kappa shape index (κ1) is 13.8. The van der Waals surface area contributed by atoms with Gasteiger partial charge in [0.2, 0.25) is 0 Å². The van der Waals surface area contributed by atoms with Crippen LogP contribution in [0, 0.1) is 11.7 Å². The van der Waals surface area contributed by atoms with Gasteiger partial charge in [-0.3, -0.25) is 0 Å². The third-order valence-electron chi connectivity index (χ3n) is 3.62. The highest BCUT2D eigenvalue weighted by Crippen LogP contribution is 2.28. The zero-order valence-electron chi connectivity index (χ0n) is 11.3. The van der Waals surface area contributed by atoms with Crippen molar-refractivity contribution in [1.29, 1.82) is 0 Å². The maximum absolute atomic E-state index is 12.9. The van der Waals surface area contributed by atoms with E-state index in [1.54, 1.807) is 24.1 Å². The zero-order chi connectivity index (χ0) is 14.0. The average molecular weight is 265 g/mol. The molecule has 0 spiro atoms. The van der Waals surface area contributed by atoms with Crippen molar-refractivity contribution < 1.29 is 9.18 Å². The van der Waals surface area contributed by atoms with Gasteiger partial charge in [0.05, 0.1) is 6.04 Å². The molecule has 1 heterocycles. The summed E-state index contributed by atoms with van der Waals surface area (Å²) in [7, 11) is 1.78. The number of hydrogen-bond donors (Lipinski definition) is 1. The van der Waals surface area contributed by atoms with E-state index in [0.29, 0.717) is 19.6 Å². The second-order valence-electron chi connectivity index (χ2n) is 5.21. The van der Waals surface area contributed by atoms with Gasteiger partial charge in [0.15, 0.2) is 0 Å². The Bertz CT molecular complexity index is 449. The molecule has 2 unspecified atom stereocenters. The number of urea groups is 1. The summed E-state index contributed by atoms with van der Waals surface area (Å²) in [5.41, 5.74) is 6.56. The molecule has 0 aromatic heterocycles. The second-order valence-corrected chi connectivity index (χ2v) is 5.21. The normalized spacial score (nSPS) is 21.1. The van der Waals surface area contributed by atoms with Crippen molar-refractivity contribution in [2.45, 2.75) is 13.0 Å². The summed E-state index contributed by atoms with van der Waals surface area (Å²) in [5, 5.41) is 0. The number of nitrogens with two attached hydrogens (primary N) is 1. The van der Waals surface area contributed by atoms with Crippen molar-refractivity contribution in [1.82, 2.24) is 9.80 Å². The van der Waals surface area contributed by atoms with Crippen molar-refractivity contribution in [3.8, 4) is 0 Å². The van der Waals surface area contributed by atoms with E-state index in [9.17, 15) is 9.18 Å². The maximum Gasteiger partial charge on any atom is 0.320 e. The molecule has 2 amide bonds. The Morgan fingerprint density at radius 2 is 2.05 bits per heavy atom. The van der Waals surface area contributed by atoms with Gasteiger partial charge in [0, 0.05) is 20.1 Å². The van der Waals surface area contributed by atoms with Crippen LogP contribution in [0.2, 0.25) is 0 Å². The van der Waals surface area contributed by atoms with Crippen LogP contribution in [0.5, 0.6) is 0 Å². The predicted octanol–water partition coefficient (Wildman–Crippen LogP) is 1.83. The molecule has 1 aromatic rings. The number of nitrogens with zero attached hydrogens (tertiary/aromatic N) is 2. The average Bonchev–Trinajstić information content (AvgIpc) is 2.68. The Kier molecular flexibility index (Phi) is 4.04. The van der Waals surface area contributed by atoms with E-state index >= 15 is 0 Å². The van der Waals surface area contributed by atoms with Crippen LogP contribution in [0.15, 0.2) is 24.3 Å². The molecule has 4 nitrogen and oxygen atoms in total. The van der Waals surface area contributed by atoms with E-state index in [0.717, 1.165) is 5.56 Å². The monoisotopic (exact) mass is 265 g/mol. The molecular formula is C14H20FN3O. The molecule has 2 rings (SSSR count). The lowest BCUT2D eigenvalue weighted by Crippen LogP contribution is -2.34. The van der Waals surface area contributed by atoms with Crippen LogP contribution in [0.4, 0.5) is 9.18 Å². The van der Waals surface area contributed by atoms with Crippen molar-refractivity contribution in [3.05, 3.63) is 35.6 Å². The summed E-state index contributed by atoms with van der Waals surface area (Å²) < 4.78 is 12.9. The van der Waals surface area contributed by atoms with Gasteiger partial charge in [-0.2, -0.15) is 0 Å². The summed E-state index contributed by atoms with van der Waals surface area (Å²) in [5.74, 6) is 0.0219. The number of amides is 2. The molecule has 1 aromatic carbocycles. The zero-order valence-corrected chi connectivity index (χ0v) is 11.3. The van der Waals surface area contributed by atoms with Crippen LogP contribution in [0.3, 0.4) is 0 Å². The Labute approximate surface area is 113 Å². The Balaban J connectivity index is 2.11. The Hall–Kier alpha value is -1.62. The van der Waals surface area contributed by atoms with Crippen molar-refractivity contribution in [3.63, 3.8) is 0 Å². The van der Waals surface area contributed by atoms with E-state index in [2.05, 4.69) is 0 Å². The molecule has 0 saturated carbocycles. The van der Waals surface area contributed by atoms with Gasteiger partial charge < -0.3 is 15.5 Å². The molecular weight excluding hydrogens is 245 g/mol. The van der Waals surface area contributed by atoms with Gasteiger partial charge in [0.25, 0.3) is 0 Å². The molecule has 2 atom stereocenters. The Morgan fingerprint density at radius 3 is 2.63 bits per heavy atom. The number of benzene rings is 1. The largest absolute Gasteiger partial charge is 0.330 e. The molecule has 5 heteroatoms. The van der Waals surface area contributed by atoms with Crippen LogP contribution in [-0.4, -0.2) is 42.5 Å². The molecule has 1 fully saturated rings. The number of carbonyl (C=O) groups is 1. The van der Waals surface area contributed by atoms with Gasteiger partial charge in [-0.1, -0.05) is 19.1 Å². The highest BCUT2D eigenvalue weighted by Gasteiger charge is 2.35. The van der Waals surface area contributed by atoms with Gasteiger partial charge in [-0.25, -0.2) is 9.18 Å². The van der Waals surface area contributed by atoms with E-state index in [1.165, 1.54) is 12.1 Å². The van der Waals surface area contributed by atoms with E-state index in [-0.39, 0.29) is 23.8 Å². The lowest BCUT2D eigenvalue weighted by Gasteiger charge is -2.19. The lowest BCUT2D eigenvalue weighted by molar-refractivity contribution is 0.191. The molecule has 0 bridgehead atoms. The quantitative estimate of drug-likeness (QED) is 0.903. The highest BCUT2D eigenvalue weighted by molar-refractivity contribution is 5.77. The lowest BCUT2D eigenvalue weighted by atomic mass is 10.1. The van der Waals surface area contributed by atoms with Crippen molar-refractivity contribution >= 4 is 6.03 Å². The molecule has 19 heavy (non-hydrogen) atoms. The number of likely N-dealkylation sites (N-methyl/N-ethyl adjacent to an activating group) is 1. The molecule has 1 saturated heterocycles. The summed E-state index contributed by atoms with van der Waals surface area (Å²) in [6.45, 7) is 3.88. The smallest absolute Gasteiger partial charge is 0.320 e. The van der Waals surface area contributed by atoms with Crippen LogP contribution in [0.1, 0.15) is 18.5 Å². The summed E-state index contributed by atoms with van der Waals surface area (Å²) >= 11 is 0. The van der Waals surface area contributed by atoms with E-state index in [4.69, 9.17) is 5.73 Å². The fourth-order valence-corrected chi connectivity index (χ4v) is 2.38. The molecule has 0 radical (unpaired) electrons. The number of hydrogen-bond acceptors (Lipinski definition) is 2.